The van der Waals surface area contributed by atoms with Crippen LogP contribution in [0.25, 0.3) is 0 Å². The zero-order valence-corrected chi connectivity index (χ0v) is 14.2. The Bertz CT molecular complexity index is 607. The largest absolute Gasteiger partial charge is 0.371 e. The SMILES string of the molecule is CS(=O)(=O)CCN1CCC(CN2CCc3ccccc32)CC1. The molecular weight excluding hydrogens is 296 g/mol. The summed E-state index contributed by atoms with van der Waals surface area (Å²) in [7, 11) is -2.84. The average Bonchev–Trinajstić information content (AvgIpc) is 2.89. The topological polar surface area (TPSA) is 40.6 Å². The van der Waals surface area contributed by atoms with E-state index in [2.05, 4.69) is 34.1 Å². The second kappa shape index (κ2) is 6.59. The lowest BCUT2D eigenvalue weighted by atomic mass is 9.96. The van der Waals surface area contributed by atoms with Gasteiger partial charge in [-0.15, -0.1) is 0 Å². The first kappa shape index (κ1) is 15.8. The Balaban J connectivity index is 1.47. The summed E-state index contributed by atoms with van der Waals surface area (Å²) < 4.78 is 22.5. The number of likely N-dealkylation sites (tertiary alicyclic amines) is 1. The Morgan fingerprint density at radius 1 is 1.14 bits per heavy atom. The number of hydrogen-bond donors (Lipinski definition) is 0. The van der Waals surface area contributed by atoms with E-state index in [1.165, 1.54) is 36.8 Å². The number of benzene rings is 1. The van der Waals surface area contributed by atoms with Crippen LogP contribution >= 0.6 is 0 Å². The summed E-state index contributed by atoms with van der Waals surface area (Å²) in [6.07, 6.45) is 4.86. The van der Waals surface area contributed by atoms with Crippen LogP contribution in [-0.2, 0) is 16.3 Å². The number of fused-ring (bicyclic) bond motifs is 1. The van der Waals surface area contributed by atoms with Gasteiger partial charge in [-0.3, -0.25) is 0 Å². The minimum Gasteiger partial charge on any atom is -0.371 e. The first-order valence-corrected chi connectivity index (χ1v) is 10.3. The second-order valence-electron chi connectivity index (χ2n) is 6.74. The molecular formula is C17H26N2O2S. The normalized spacial score (nSPS) is 20.3. The molecule has 122 valence electrons. The molecule has 1 saturated heterocycles. The fourth-order valence-electron chi connectivity index (χ4n) is 3.60. The predicted octanol–water partition coefficient (Wildman–Crippen LogP) is 1.81. The number of sulfone groups is 1. The van der Waals surface area contributed by atoms with E-state index < -0.39 is 9.84 Å². The summed E-state index contributed by atoms with van der Waals surface area (Å²) in [6.45, 7) is 5.06. The van der Waals surface area contributed by atoms with Gasteiger partial charge in [-0.05, 0) is 49.9 Å². The lowest BCUT2D eigenvalue weighted by molar-refractivity contribution is 0.195. The molecule has 2 heterocycles. The van der Waals surface area contributed by atoms with Crippen LogP contribution in [-0.4, -0.2) is 58.1 Å². The number of piperidine rings is 1. The molecule has 0 N–H and O–H groups in total. The van der Waals surface area contributed by atoms with Crippen molar-refractivity contribution in [2.45, 2.75) is 19.3 Å². The van der Waals surface area contributed by atoms with Crippen LogP contribution in [0.4, 0.5) is 5.69 Å². The average molecular weight is 322 g/mol. The van der Waals surface area contributed by atoms with Gasteiger partial charge in [0.2, 0.25) is 0 Å². The number of rotatable bonds is 5. The van der Waals surface area contributed by atoms with Gasteiger partial charge in [0.05, 0.1) is 5.75 Å². The van der Waals surface area contributed by atoms with Crippen LogP contribution in [0.1, 0.15) is 18.4 Å². The quantitative estimate of drug-likeness (QED) is 0.829. The summed E-state index contributed by atoms with van der Waals surface area (Å²) in [5.74, 6) is 1.03. The molecule has 0 bridgehead atoms. The van der Waals surface area contributed by atoms with Crippen LogP contribution in [0.2, 0.25) is 0 Å². The van der Waals surface area contributed by atoms with Crippen LogP contribution < -0.4 is 4.90 Å². The molecule has 4 nitrogen and oxygen atoms in total. The first-order valence-electron chi connectivity index (χ1n) is 8.24. The highest BCUT2D eigenvalue weighted by molar-refractivity contribution is 7.90. The molecule has 1 fully saturated rings. The molecule has 0 unspecified atom stereocenters. The predicted molar refractivity (Wildman–Crippen MR) is 91.2 cm³/mol. The van der Waals surface area contributed by atoms with Crippen molar-refractivity contribution >= 4 is 15.5 Å². The first-order chi connectivity index (χ1) is 10.5. The van der Waals surface area contributed by atoms with Crippen molar-refractivity contribution in [3.8, 4) is 0 Å². The summed E-state index contributed by atoms with van der Waals surface area (Å²) in [4.78, 5) is 4.83. The minimum absolute atomic E-state index is 0.289. The van der Waals surface area contributed by atoms with Gasteiger partial charge in [0, 0.05) is 31.6 Å². The van der Waals surface area contributed by atoms with Gasteiger partial charge < -0.3 is 9.80 Å². The third-order valence-corrected chi connectivity index (χ3v) is 5.87. The van der Waals surface area contributed by atoms with E-state index in [1.54, 1.807) is 0 Å². The van der Waals surface area contributed by atoms with Gasteiger partial charge in [-0.1, -0.05) is 18.2 Å². The molecule has 1 aromatic rings. The van der Waals surface area contributed by atoms with Crippen LogP contribution in [0.5, 0.6) is 0 Å². The lowest BCUT2D eigenvalue weighted by Crippen LogP contribution is -2.40. The van der Waals surface area contributed by atoms with Crippen LogP contribution in [0.3, 0.4) is 0 Å². The molecule has 0 atom stereocenters. The van der Waals surface area contributed by atoms with E-state index in [-0.39, 0.29) is 5.75 Å². The van der Waals surface area contributed by atoms with Crippen LogP contribution in [0.15, 0.2) is 24.3 Å². The zero-order chi connectivity index (χ0) is 15.6. The van der Waals surface area contributed by atoms with Crippen molar-refractivity contribution in [1.82, 2.24) is 4.90 Å². The Kier molecular flexibility index (Phi) is 4.73. The summed E-state index contributed by atoms with van der Waals surface area (Å²) in [6, 6.07) is 8.74. The molecule has 22 heavy (non-hydrogen) atoms. The highest BCUT2D eigenvalue weighted by Crippen LogP contribution is 2.29. The minimum atomic E-state index is -2.84. The maximum atomic E-state index is 11.3. The molecule has 0 aromatic heterocycles. The molecule has 0 radical (unpaired) electrons. The molecule has 5 heteroatoms. The summed E-state index contributed by atoms with van der Waals surface area (Å²) >= 11 is 0. The van der Waals surface area contributed by atoms with Gasteiger partial charge in [-0.2, -0.15) is 0 Å². The lowest BCUT2D eigenvalue weighted by Gasteiger charge is -2.34. The van der Waals surface area contributed by atoms with E-state index in [0.717, 1.165) is 32.1 Å². The fourth-order valence-corrected chi connectivity index (χ4v) is 4.19. The third kappa shape index (κ3) is 4.02. The maximum Gasteiger partial charge on any atom is 0.148 e. The molecule has 1 aromatic carbocycles. The smallest absolute Gasteiger partial charge is 0.148 e. The van der Waals surface area contributed by atoms with Gasteiger partial charge in [0.1, 0.15) is 9.84 Å². The van der Waals surface area contributed by atoms with Gasteiger partial charge >= 0.3 is 0 Å². The van der Waals surface area contributed by atoms with Crippen molar-refractivity contribution in [3.05, 3.63) is 29.8 Å². The van der Waals surface area contributed by atoms with E-state index >= 15 is 0 Å². The molecule has 3 rings (SSSR count). The molecule has 0 spiro atoms. The Labute approximate surface area is 134 Å². The maximum absolute atomic E-state index is 11.3. The molecule has 2 aliphatic heterocycles. The van der Waals surface area contributed by atoms with Crippen molar-refractivity contribution in [1.29, 1.82) is 0 Å². The van der Waals surface area contributed by atoms with Crippen molar-refractivity contribution in [3.63, 3.8) is 0 Å². The van der Waals surface area contributed by atoms with E-state index in [1.807, 2.05) is 0 Å². The summed E-state index contributed by atoms with van der Waals surface area (Å²) in [5, 5.41) is 0. The van der Waals surface area contributed by atoms with Gasteiger partial charge in [0.25, 0.3) is 0 Å². The highest BCUT2D eigenvalue weighted by Gasteiger charge is 2.25. The van der Waals surface area contributed by atoms with E-state index in [0.29, 0.717) is 6.54 Å². The Morgan fingerprint density at radius 2 is 1.86 bits per heavy atom. The fraction of sp³-hybridized carbons (Fsp3) is 0.647. The van der Waals surface area contributed by atoms with E-state index in [4.69, 9.17) is 0 Å². The van der Waals surface area contributed by atoms with Crippen molar-refractivity contribution < 1.29 is 8.42 Å². The van der Waals surface area contributed by atoms with Gasteiger partial charge in [-0.25, -0.2) is 8.42 Å². The molecule has 0 aliphatic carbocycles. The number of anilines is 1. The standard InChI is InChI=1S/C17H26N2O2S/c1-22(20,21)13-12-18-9-6-15(7-10-18)14-19-11-8-16-4-2-3-5-17(16)19/h2-5,15H,6-14H2,1H3. The highest BCUT2D eigenvalue weighted by atomic mass is 32.2. The number of nitrogens with zero attached hydrogens (tertiary/aromatic N) is 2. The number of para-hydroxylation sites is 1. The third-order valence-electron chi connectivity index (χ3n) is 4.95. The Morgan fingerprint density at radius 3 is 2.59 bits per heavy atom. The van der Waals surface area contributed by atoms with E-state index in [9.17, 15) is 8.42 Å². The molecule has 2 aliphatic rings. The van der Waals surface area contributed by atoms with Crippen LogP contribution in [0, 0.1) is 5.92 Å². The second-order valence-corrected chi connectivity index (χ2v) is 9.00. The summed E-state index contributed by atoms with van der Waals surface area (Å²) in [5.41, 5.74) is 2.90. The molecule has 0 saturated carbocycles. The molecule has 0 amide bonds. The monoisotopic (exact) mass is 322 g/mol. The zero-order valence-electron chi connectivity index (χ0n) is 13.4. The van der Waals surface area contributed by atoms with Crippen molar-refractivity contribution in [2.24, 2.45) is 5.92 Å². The number of hydrogen-bond acceptors (Lipinski definition) is 4. The Hall–Kier alpha value is -1.07. The van der Waals surface area contributed by atoms with Crippen molar-refractivity contribution in [2.75, 3.05) is 49.6 Å². The van der Waals surface area contributed by atoms with Gasteiger partial charge in [0.15, 0.2) is 0 Å².